The molecule has 0 aromatic carbocycles. The van der Waals surface area contributed by atoms with Crippen molar-refractivity contribution < 1.29 is 28.0 Å². The minimum absolute atomic E-state index is 0. The van der Waals surface area contributed by atoms with Crippen LogP contribution in [0.2, 0.25) is 47.7 Å². The van der Waals surface area contributed by atoms with Crippen LogP contribution in [0.15, 0.2) is 0 Å². The van der Waals surface area contributed by atoms with Crippen molar-refractivity contribution in [3.63, 3.8) is 0 Å². The first kappa shape index (κ1) is 8.41. The van der Waals surface area contributed by atoms with E-state index in [0.29, 0.717) is 0 Å². The molecule has 10 rings (SSSR count). The van der Waals surface area contributed by atoms with Gasteiger partial charge in [-0.25, -0.2) is 0 Å². The summed E-state index contributed by atoms with van der Waals surface area (Å²) in [4.78, 5) is 13.7. The Hall–Kier alpha value is 0.959. The summed E-state index contributed by atoms with van der Waals surface area (Å²) in [7, 11) is 5.07. The molecule has 18 heavy (non-hydrogen) atoms. The van der Waals surface area contributed by atoms with E-state index >= 15 is 0 Å². The van der Waals surface area contributed by atoms with Gasteiger partial charge in [0.2, 0.25) is 0 Å². The van der Waals surface area contributed by atoms with E-state index < -0.39 is 6.51 Å². The predicted octanol–water partition coefficient (Wildman–Crippen LogP) is 0.846. The second-order valence-electron chi connectivity index (χ2n) is 12.2. The fourth-order valence-electron chi connectivity index (χ4n) is 17.8. The summed E-state index contributed by atoms with van der Waals surface area (Å²) in [6, 6.07) is 0. The molecule has 4 atom stereocenters. The molecular formula is C15H22BrFeN. The van der Waals surface area contributed by atoms with Gasteiger partial charge in [0.25, 0.3) is 0 Å². The Kier molecular flexibility index (Phi) is 0.319. The Labute approximate surface area is 109 Å². The molecule has 0 amide bonds. The molecule has 0 aromatic rings. The molecule has 0 bridgehead atoms. The average molecular weight is 352 g/mol. The fourth-order valence-corrected chi connectivity index (χ4v) is 92.8. The summed E-state index contributed by atoms with van der Waals surface area (Å²) in [6.45, 7) is 2.76. The number of hydrogen-bond donors (Lipinski definition) is 0. The van der Waals surface area contributed by atoms with Crippen LogP contribution in [-0.2, 0) is 6.51 Å². The minimum atomic E-state index is -2.70. The van der Waals surface area contributed by atoms with Crippen molar-refractivity contribution in [3.05, 3.63) is 0 Å². The standard InChI is InChI=1S/C10H17N.C5H5.BrH.Fe/c1-4-11(2,3)9-10-7-5-6-8-10;1-2-4-5-3-1;;/h5-8H,4,9H2,1-3H3;1-5H;1H;/q+1;;;/p-1. The molecule has 0 N–H and O–H groups in total. The maximum Gasteiger partial charge on any atom is -1.00 e. The van der Waals surface area contributed by atoms with Crippen LogP contribution in [0.3, 0.4) is 0 Å². The van der Waals surface area contributed by atoms with Crippen LogP contribution in [0.5, 0.6) is 0 Å². The summed E-state index contributed by atoms with van der Waals surface area (Å²) in [5.74, 6) is 0. The van der Waals surface area contributed by atoms with Crippen molar-refractivity contribution in [2.24, 2.45) is 0 Å². The van der Waals surface area contributed by atoms with Crippen molar-refractivity contribution in [2.75, 3.05) is 27.2 Å². The van der Waals surface area contributed by atoms with Crippen LogP contribution in [0.1, 0.15) is 6.92 Å². The van der Waals surface area contributed by atoms with Crippen LogP contribution in [-0.4, -0.2) is 31.7 Å². The van der Waals surface area contributed by atoms with Gasteiger partial charge >= 0.3 is 92.8 Å². The van der Waals surface area contributed by atoms with Gasteiger partial charge in [-0.15, -0.1) is 0 Å². The first-order chi connectivity index (χ1) is 7.81. The van der Waals surface area contributed by atoms with Crippen molar-refractivity contribution in [1.82, 2.24) is 0 Å². The number of quaternary nitrogens is 1. The Balaban J connectivity index is 0.000000676. The molecule has 1 nitrogen and oxygen atoms in total. The van der Waals surface area contributed by atoms with Gasteiger partial charge < -0.3 is 17.0 Å². The third kappa shape index (κ3) is 0.0869. The summed E-state index contributed by atoms with van der Waals surface area (Å²) < 4.78 is 2.52. The number of rotatable bonds is 3. The molecule has 10 fully saturated rings. The van der Waals surface area contributed by atoms with Gasteiger partial charge in [0.15, 0.2) is 0 Å². The monoisotopic (exact) mass is 351 g/mol. The molecule has 10 aliphatic rings. The normalized spacial score (nSPS) is 114. The Morgan fingerprint density at radius 3 is 1.56 bits per heavy atom. The number of hydrogen-bond acceptors (Lipinski definition) is 0. The third-order valence-corrected chi connectivity index (χ3v) is 59.5. The van der Waals surface area contributed by atoms with E-state index in [4.69, 9.17) is 0 Å². The fraction of sp³-hybridized carbons (Fsp3) is 1.00. The van der Waals surface area contributed by atoms with Gasteiger partial charge in [-0.1, -0.05) is 0 Å². The minimum Gasteiger partial charge on any atom is -1.00 e. The summed E-state index contributed by atoms with van der Waals surface area (Å²) in [5, 5.41) is 0. The van der Waals surface area contributed by atoms with Crippen molar-refractivity contribution in [2.45, 2.75) is 54.6 Å². The van der Waals surface area contributed by atoms with E-state index in [1.54, 1.807) is 6.54 Å². The van der Waals surface area contributed by atoms with Crippen molar-refractivity contribution >= 4 is 0 Å². The molecule has 0 saturated carbocycles. The molecule has 0 aromatic heterocycles. The van der Waals surface area contributed by atoms with Gasteiger partial charge in [0.1, 0.15) is 0 Å². The molecule has 10 aliphatic heterocycles. The zero-order chi connectivity index (χ0) is 10.9. The SMILES string of the molecule is CC[N+](C)(C)C[C]12[CH]3[CH]4[CH]5[CH]1[Fe]45321678[CH]2[CH]1[CH]6[CH]7[CH]28.[Br-]. The van der Waals surface area contributed by atoms with Crippen molar-refractivity contribution in [3.8, 4) is 0 Å². The Morgan fingerprint density at radius 2 is 1.33 bits per heavy atom. The molecular weight excluding hydrogens is 330 g/mol. The van der Waals surface area contributed by atoms with Gasteiger partial charge in [0, 0.05) is 0 Å². The maximum atomic E-state index is 2.53. The molecule has 0 radical (unpaired) electrons. The molecule has 0 aliphatic carbocycles. The van der Waals surface area contributed by atoms with Gasteiger partial charge in [0.05, 0.1) is 0 Å². The van der Waals surface area contributed by atoms with E-state index in [9.17, 15) is 0 Å². The smallest absolute Gasteiger partial charge is 1.00 e. The molecule has 3 heteroatoms. The van der Waals surface area contributed by atoms with E-state index in [0.717, 1.165) is 4.31 Å². The number of fused-ring (bicyclic) bond motifs is 10. The molecule has 4 unspecified atom stereocenters. The summed E-state index contributed by atoms with van der Waals surface area (Å²) in [6.07, 6.45) is 0. The van der Waals surface area contributed by atoms with Crippen LogP contribution in [0.4, 0.5) is 0 Å². The van der Waals surface area contributed by atoms with E-state index in [1.165, 1.54) is 54.4 Å². The summed E-state index contributed by atoms with van der Waals surface area (Å²) in [5.41, 5.74) is 0. The molecule has 10 heterocycles. The van der Waals surface area contributed by atoms with Crippen LogP contribution in [0, 0.1) is 0 Å². The largest absolute Gasteiger partial charge is 1.00 e. The van der Waals surface area contributed by atoms with Gasteiger partial charge in [-0.2, -0.15) is 0 Å². The predicted molar refractivity (Wildman–Crippen MR) is 64.0 cm³/mol. The van der Waals surface area contributed by atoms with Crippen LogP contribution >= 0.6 is 0 Å². The van der Waals surface area contributed by atoms with Gasteiger partial charge in [-0.3, -0.25) is 0 Å². The second kappa shape index (κ2) is 0.683. The first-order valence-corrected chi connectivity index (χ1v) is 14.1. The van der Waals surface area contributed by atoms with E-state index in [2.05, 4.69) is 21.0 Å². The first-order valence-electron chi connectivity index (χ1n) is 7.85. The zero-order valence-electron chi connectivity index (χ0n) is 11.3. The topological polar surface area (TPSA) is 0 Å². The number of halogens is 1. The molecule has 10 saturated heterocycles. The van der Waals surface area contributed by atoms with E-state index in [1.807, 2.05) is 0 Å². The average Bonchev–Trinajstić information content (AvgIpc) is 3.23. The molecule has 102 valence electrons. The Bertz CT molecular complexity index is 882. The quantitative estimate of drug-likeness (QED) is 0.522. The zero-order valence-corrected chi connectivity index (χ0v) is 14.0. The van der Waals surface area contributed by atoms with Crippen molar-refractivity contribution in [1.29, 1.82) is 0 Å². The van der Waals surface area contributed by atoms with Gasteiger partial charge in [-0.05, 0) is 0 Å². The Morgan fingerprint density at radius 1 is 0.889 bits per heavy atom. The second-order valence-corrected chi connectivity index (χ2v) is 35.9. The third-order valence-electron chi connectivity index (χ3n) is 16.5. The number of nitrogens with zero attached hydrogens (tertiary/aromatic N) is 1. The summed E-state index contributed by atoms with van der Waals surface area (Å²) >= 11 is 0. The van der Waals surface area contributed by atoms with Crippen LogP contribution < -0.4 is 17.0 Å². The van der Waals surface area contributed by atoms with Crippen LogP contribution in [0.25, 0.3) is 0 Å². The molecule has 1 spiro atoms. The van der Waals surface area contributed by atoms with E-state index in [-0.39, 0.29) is 17.0 Å². The maximum absolute atomic E-state index is 2.70.